The molecule has 0 saturated carbocycles. The number of furan rings is 1. The number of hydrogen-bond acceptors (Lipinski definition) is 4. The molecule has 0 bridgehead atoms. The van der Waals surface area contributed by atoms with Crippen molar-refractivity contribution in [1.82, 2.24) is 10.7 Å². The number of carbonyl (C=O) groups is 1. The maximum Gasteiger partial charge on any atom is 0.254 e. The molecule has 0 fully saturated rings. The molecule has 0 aliphatic rings. The molecule has 1 heterocycles. The van der Waals surface area contributed by atoms with Crippen LogP contribution < -0.4 is 10.7 Å². The lowest BCUT2D eigenvalue weighted by molar-refractivity contribution is -0.120. The second-order valence-electron chi connectivity index (χ2n) is 4.91. The van der Waals surface area contributed by atoms with Crippen molar-refractivity contribution in [3.05, 3.63) is 59.0 Å². The number of amides is 1. The predicted molar refractivity (Wildman–Crippen MR) is 94.3 cm³/mol. The maximum atomic E-state index is 11.7. The molecule has 0 aliphatic heterocycles. The zero-order valence-electron chi connectivity index (χ0n) is 12.7. The number of hydrazone groups is 1. The van der Waals surface area contributed by atoms with E-state index >= 15 is 0 Å². The Kier molecular flexibility index (Phi) is 8.40. The quantitative estimate of drug-likeness (QED) is 0.592. The van der Waals surface area contributed by atoms with E-state index in [0.717, 1.165) is 6.42 Å². The Bertz CT molecular complexity index is 629. The summed E-state index contributed by atoms with van der Waals surface area (Å²) in [6.07, 6.45) is 2.26. The minimum absolute atomic E-state index is 0. The Morgan fingerprint density at radius 3 is 2.70 bits per heavy atom. The Hall–Kier alpha value is -1.82. The fourth-order valence-corrected chi connectivity index (χ4v) is 2.06. The highest BCUT2D eigenvalue weighted by molar-refractivity contribution is 6.28. The SMILES string of the molecule is CC(Cc1ccccc1)NCC(=O)N/N=C/c1ccc(Cl)o1.Cl. The highest BCUT2D eigenvalue weighted by Crippen LogP contribution is 2.10. The van der Waals surface area contributed by atoms with Gasteiger partial charge in [-0.15, -0.1) is 12.4 Å². The van der Waals surface area contributed by atoms with Gasteiger partial charge in [0.1, 0.15) is 5.76 Å². The number of rotatable bonds is 7. The summed E-state index contributed by atoms with van der Waals surface area (Å²) < 4.78 is 5.08. The van der Waals surface area contributed by atoms with Crippen LogP contribution in [0.25, 0.3) is 0 Å². The van der Waals surface area contributed by atoms with Crippen LogP contribution >= 0.6 is 24.0 Å². The van der Waals surface area contributed by atoms with E-state index in [1.165, 1.54) is 11.8 Å². The first-order chi connectivity index (χ1) is 10.6. The average molecular weight is 356 g/mol. The summed E-state index contributed by atoms with van der Waals surface area (Å²) in [6.45, 7) is 2.23. The van der Waals surface area contributed by atoms with Gasteiger partial charge in [-0.3, -0.25) is 4.79 Å². The molecule has 1 atom stereocenters. The van der Waals surface area contributed by atoms with E-state index in [9.17, 15) is 4.79 Å². The summed E-state index contributed by atoms with van der Waals surface area (Å²) in [7, 11) is 0. The lowest BCUT2D eigenvalue weighted by Crippen LogP contribution is -2.37. The van der Waals surface area contributed by atoms with Crippen LogP contribution in [-0.2, 0) is 11.2 Å². The Balaban J connectivity index is 0.00000264. The standard InChI is InChI=1S/C16H18ClN3O2.ClH/c1-12(9-13-5-3-2-4-6-13)18-11-16(21)20-19-10-14-7-8-15(17)22-14;/h2-8,10,12,18H,9,11H2,1H3,(H,20,21);1H/b19-10+;. The van der Waals surface area contributed by atoms with Gasteiger partial charge >= 0.3 is 0 Å². The molecular formula is C16H19Cl2N3O2. The molecule has 1 amide bonds. The van der Waals surface area contributed by atoms with Crippen LogP contribution in [0.3, 0.4) is 0 Å². The van der Waals surface area contributed by atoms with E-state index in [4.69, 9.17) is 16.0 Å². The minimum Gasteiger partial charge on any atom is -0.444 e. The van der Waals surface area contributed by atoms with Crippen LogP contribution in [0.5, 0.6) is 0 Å². The normalized spacial score (nSPS) is 11.9. The van der Waals surface area contributed by atoms with Crippen molar-refractivity contribution < 1.29 is 9.21 Å². The fourth-order valence-electron chi connectivity index (χ4n) is 1.91. The maximum absolute atomic E-state index is 11.7. The molecule has 0 saturated heterocycles. The van der Waals surface area contributed by atoms with Crippen LogP contribution in [0.2, 0.25) is 5.22 Å². The van der Waals surface area contributed by atoms with Crippen molar-refractivity contribution >= 4 is 36.1 Å². The molecule has 0 spiro atoms. The average Bonchev–Trinajstić information content (AvgIpc) is 2.92. The number of halogens is 2. The van der Waals surface area contributed by atoms with Gasteiger partial charge in [0.25, 0.3) is 5.91 Å². The second-order valence-corrected chi connectivity index (χ2v) is 5.28. The van der Waals surface area contributed by atoms with Gasteiger partial charge in [0, 0.05) is 6.04 Å². The Labute approximate surface area is 146 Å². The second kappa shape index (κ2) is 10.0. The van der Waals surface area contributed by atoms with Gasteiger partial charge in [-0.25, -0.2) is 5.43 Å². The molecule has 23 heavy (non-hydrogen) atoms. The van der Waals surface area contributed by atoms with E-state index in [1.807, 2.05) is 25.1 Å². The van der Waals surface area contributed by atoms with Gasteiger partial charge in [0.05, 0.1) is 12.8 Å². The molecule has 2 rings (SSSR count). The molecule has 2 N–H and O–H groups in total. The van der Waals surface area contributed by atoms with Crippen LogP contribution in [0.4, 0.5) is 0 Å². The molecule has 0 aliphatic carbocycles. The zero-order valence-corrected chi connectivity index (χ0v) is 14.2. The van der Waals surface area contributed by atoms with Crippen LogP contribution in [0.15, 0.2) is 52.0 Å². The van der Waals surface area contributed by atoms with Gasteiger partial charge in [-0.2, -0.15) is 5.10 Å². The number of carbonyl (C=O) groups excluding carboxylic acids is 1. The number of nitrogens with zero attached hydrogens (tertiary/aromatic N) is 1. The largest absolute Gasteiger partial charge is 0.444 e. The molecule has 5 nitrogen and oxygen atoms in total. The molecule has 1 aromatic heterocycles. The molecule has 1 unspecified atom stereocenters. The van der Waals surface area contributed by atoms with Crippen molar-refractivity contribution in [3.63, 3.8) is 0 Å². The van der Waals surface area contributed by atoms with E-state index in [1.54, 1.807) is 12.1 Å². The predicted octanol–water partition coefficient (Wildman–Crippen LogP) is 3.03. The first kappa shape index (κ1) is 19.2. The summed E-state index contributed by atoms with van der Waals surface area (Å²) in [6, 6.07) is 13.6. The Morgan fingerprint density at radius 2 is 2.04 bits per heavy atom. The molecular weight excluding hydrogens is 337 g/mol. The fraction of sp³-hybridized carbons (Fsp3) is 0.250. The minimum atomic E-state index is -0.214. The molecule has 1 aromatic carbocycles. The molecule has 7 heteroatoms. The highest BCUT2D eigenvalue weighted by Gasteiger charge is 2.05. The van der Waals surface area contributed by atoms with Gasteiger partial charge in [-0.1, -0.05) is 30.3 Å². The number of hydrogen-bond donors (Lipinski definition) is 2. The van der Waals surface area contributed by atoms with Crippen molar-refractivity contribution in [3.8, 4) is 0 Å². The third-order valence-corrected chi connectivity index (χ3v) is 3.17. The summed E-state index contributed by atoms with van der Waals surface area (Å²) in [5.41, 5.74) is 3.66. The topological polar surface area (TPSA) is 66.6 Å². The van der Waals surface area contributed by atoms with E-state index in [-0.39, 0.29) is 36.1 Å². The zero-order chi connectivity index (χ0) is 15.8. The van der Waals surface area contributed by atoms with Crippen molar-refractivity contribution in [2.24, 2.45) is 5.10 Å². The number of benzene rings is 1. The summed E-state index contributed by atoms with van der Waals surface area (Å²) >= 11 is 5.63. The first-order valence-corrected chi connectivity index (χ1v) is 7.36. The van der Waals surface area contributed by atoms with E-state index < -0.39 is 0 Å². The lowest BCUT2D eigenvalue weighted by Gasteiger charge is -2.12. The van der Waals surface area contributed by atoms with E-state index in [2.05, 4.69) is 28.0 Å². The monoisotopic (exact) mass is 355 g/mol. The van der Waals surface area contributed by atoms with Crippen molar-refractivity contribution in [1.29, 1.82) is 0 Å². The molecule has 124 valence electrons. The van der Waals surface area contributed by atoms with Gasteiger partial charge in [0.2, 0.25) is 0 Å². The third-order valence-electron chi connectivity index (χ3n) is 2.97. The first-order valence-electron chi connectivity index (χ1n) is 6.98. The highest BCUT2D eigenvalue weighted by atomic mass is 35.5. The third kappa shape index (κ3) is 7.32. The van der Waals surface area contributed by atoms with E-state index in [0.29, 0.717) is 5.76 Å². The van der Waals surface area contributed by atoms with Gasteiger partial charge < -0.3 is 9.73 Å². The van der Waals surface area contributed by atoms with Crippen molar-refractivity contribution in [2.45, 2.75) is 19.4 Å². The van der Waals surface area contributed by atoms with Gasteiger partial charge in [-0.05, 0) is 42.6 Å². The van der Waals surface area contributed by atoms with Crippen LogP contribution in [0.1, 0.15) is 18.2 Å². The van der Waals surface area contributed by atoms with Crippen LogP contribution in [0, 0.1) is 0 Å². The molecule has 2 aromatic rings. The van der Waals surface area contributed by atoms with Crippen LogP contribution in [-0.4, -0.2) is 24.7 Å². The summed E-state index contributed by atoms with van der Waals surface area (Å²) in [5, 5.41) is 7.23. The Morgan fingerprint density at radius 1 is 1.30 bits per heavy atom. The summed E-state index contributed by atoms with van der Waals surface area (Å²) in [4.78, 5) is 11.7. The van der Waals surface area contributed by atoms with Gasteiger partial charge in [0.15, 0.2) is 5.22 Å². The smallest absolute Gasteiger partial charge is 0.254 e. The number of nitrogens with one attached hydrogen (secondary N) is 2. The summed E-state index contributed by atoms with van der Waals surface area (Å²) in [5.74, 6) is 0.268. The van der Waals surface area contributed by atoms with Crippen molar-refractivity contribution in [2.75, 3.05) is 6.54 Å². The lowest BCUT2D eigenvalue weighted by atomic mass is 10.1. The molecule has 0 radical (unpaired) electrons.